The van der Waals surface area contributed by atoms with E-state index in [2.05, 4.69) is 26.1 Å². The van der Waals surface area contributed by atoms with Gasteiger partial charge in [-0.3, -0.25) is 19.7 Å². The summed E-state index contributed by atoms with van der Waals surface area (Å²) in [5.74, 6) is -0.170. The van der Waals surface area contributed by atoms with E-state index in [1.165, 1.54) is 30.2 Å². The van der Waals surface area contributed by atoms with Crippen molar-refractivity contribution in [3.8, 4) is 11.5 Å². The van der Waals surface area contributed by atoms with Gasteiger partial charge < -0.3 is 20.1 Å². The van der Waals surface area contributed by atoms with Crippen molar-refractivity contribution >= 4 is 57.7 Å². The first-order valence-electron chi connectivity index (χ1n) is 14.4. The van der Waals surface area contributed by atoms with E-state index in [1.807, 2.05) is 49.4 Å². The zero-order valence-corrected chi connectivity index (χ0v) is 27.4. The van der Waals surface area contributed by atoms with Crippen LogP contribution >= 0.6 is 23.1 Å². The zero-order valence-electron chi connectivity index (χ0n) is 25.7. The van der Waals surface area contributed by atoms with Crippen LogP contribution in [-0.2, 0) is 9.59 Å². The summed E-state index contributed by atoms with van der Waals surface area (Å²) in [4.78, 5) is 40.8. The molecule has 4 aromatic carbocycles. The van der Waals surface area contributed by atoms with Crippen molar-refractivity contribution in [3.63, 3.8) is 0 Å². The Morgan fingerprint density at radius 1 is 0.830 bits per heavy atom. The van der Waals surface area contributed by atoms with Gasteiger partial charge >= 0.3 is 0 Å². The Kier molecular flexibility index (Phi) is 11.0. The van der Waals surface area contributed by atoms with E-state index in [-0.39, 0.29) is 11.6 Å². The largest absolute Gasteiger partial charge is 0.497 e. The van der Waals surface area contributed by atoms with E-state index in [4.69, 9.17) is 9.47 Å². The maximum absolute atomic E-state index is 13.6. The maximum Gasteiger partial charge on any atom is 0.272 e. The highest BCUT2D eigenvalue weighted by molar-refractivity contribution is 8.00. The second-order valence-electron chi connectivity index (χ2n) is 9.99. The predicted octanol–water partition coefficient (Wildman–Crippen LogP) is 6.75. The minimum absolute atomic E-state index is 0.00787. The second kappa shape index (κ2) is 15.7. The fourth-order valence-corrected chi connectivity index (χ4v) is 6.03. The Bertz CT molecular complexity index is 1880. The van der Waals surface area contributed by atoms with Gasteiger partial charge in [0.15, 0.2) is 0 Å². The number of aromatic nitrogens is 2. The van der Waals surface area contributed by atoms with Crippen LogP contribution in [0, 0.1) is 6.92 Å². The van der Waals surface area contributed by atoms with E-state index in [1.54, 1.807) is 73.8 Å². The van der Waals surface area contributed by atoms with Crippen molar-refractivity contribution in [2.45, 2.75) is 17.1 Å². The second-order valence-corrected chi connectivity index (χ2v) is 12.3. The molecule has 0 spiro atoms. The number of hydrogen-bond donors (Lipinski definition) is 3. The highest BCUT2D eigenvalue weighted by Gasteiger charge is 2.23. The molecular formula is C35H31N5O5S2. The smallest absolute Gasteiger partial charge is 0.272 e. The van der Waals surface area contributed by atoms with Crippen LogP contribution in [0.15, 0.2) is 114 Å². The lowest BCUT2D eigenvalue weighted by atomic mass is 10.1. The first kappa shape index (κ1) is 32.9. The summed E-state index contributed by atoms with van der Waals surface area (Å²) >= 11 is 2.67. The molecule has 0 bridgehead atoms. The topological polar surface area (TPSA) is 132 Å². The third kappa shape index (κ3) is 8.84. The number of benzene rings is 4. The zero-order chi connectivity index (χ0) is 33.2. The van der Waals surface area contributed by atoms with E-state index in [0.717, 1.165) is 15.5 Å². The Morgan fingerprint density at radius 2 is 1.53 bits per heavy atom. The standard InChI is InChI=1S/C35H31N5O5S2/c1-22-39-40-35(46-22)38-34(43)31(23-10-6-4-7-11-23)47-28-18-15-26(16-19-28)36-33(42)29(37-32(41)24-12-8-5-9-13-24)20-25-14-17-27(44-2)21-30(25)45-3/h4-21,31H,1-3H3,(H,36,42)(H,37,41)(H,38,40,43)/b29-20-. The summed E-state index contributed by atoms with van der Waals surface area (Å²) in [6.45, 7) is 1.82. The van der Waals surface area contributed by atoms with Gasteiger partial charge in [-0.25, -0.2) is 0 Å². The quantitative estimate of drug-likeness (QED) is 0.0986. The van der Waals surface area contributed by atoms with Crippen LogP contribution in [0.4, 0.5) is 10.8 Å². The molecule has 1 aromatic heterocycles. The molecule has 12 heteroatoms. The average Bonchev–Trinajstić information content (AvgIpc) is 3.52. The van der Waals surface area contributed by atoms with E-state index in [0.29, 0.717) is 33.4 Å². The van der Waals surface area contributed by atoms with Crippen LogP contribution in [0.5, 0.6) is 11.5 Å². The minimum Gasteiger partial charge on any atom is -0.497 e. The number of methoxy groups -OCH3 is 2. The lowest BCUT2D eigenvalue weighted by Crippen LogP contribution is -2.30. The molecule has 0 aliphatic rings. The van der Waals surface area contributed by atoms with Crippen LogP contribution in [-0.4, -0.2) is 42.1 Å². The Hall–Kier alpha value is -5.46. The van der Waals surface area contributed by atoms with E-state index in [9.17, 15) is 14.4 Å². The van der Waals surface area contributed by atoms with Gasteiger partial charge in [-0.1, -0.05) is 59.9 Å². The molecule has 0 radical (unpaired) electrons. The van der Waals surface area contributed by atoms with Crippen LogP contribution in [0.3, 0.4) is 0 Å². The molecule has 0 aliphatic heterocycles. The summed E-state index contributed by atoms with van der Waals surface area (Å²) in [6.07, 6.45) is 1.54. The molecule has 0 aliphatic carbocycles. The van der Waals surface area contributed by atoms with Gasteiger partial charge in [0.25, 0.3) is 11.8 Å². The third-order valence-electron chi connectivity index (χ3n) is 6.73. The van der Waals surface area contributed by atoms with Crippen LogP contribution in [0.1, 0.15) is 31.7 Å². The number of rotatable bonds is 12. The van der Waals surface area contributed by atoms with E-state index < -0.39 is 17.1 Å². The van der Waals surface area contributed by atoms with Crippen LogP contribution in [0.2, 0.25) is 0 Å². The summed E-state index contributed by atoms with van der Waals surface area (Å²) in [5, 5.41) is 17.1. The van der Waals surface area contributed by atoms with Gasteiger partial charge in [0.2, 0.25) is 11.0 Å². The number of ether oxygens (including phenoxy) is 2. The highest BCUT2D eigenvalue weighted by atomic mass is 32.2. The molecule has 47 heavy (non-hydrogen) atoms. The molecule has 1 unspecified atom stereocenters. The number of anilines is 2. The van der Waals surface area contributed by atoms with Crippen LogP contribution < -0.4 is 25.4 Å². The van der Waals surface area contributed by atoms with Crippen molar-refractivity contribution in [1.82, 2.24) is 15.5 Å². The lowest BCUT2D eigenvalue weighted by Gasteiger charge is -2.16. The predicted molar refractivity (Wildman–Crippen MR) is 185 cm³/mol. The Morgan fingerprint density at radius 3 is 2.17 bits per heavy atom. The van der Waals surface area contributed by atoms with Gasteiger partial charge in [0.1, 0.15) is 27.5 Å². The fraction of sp³-hybridized carbons (Fsp3) is 0.114. The first-order chi connectivity index (χ1) is 22.8. The van der Waals surface area contributed by atoms with E-state index >= 15 is 0 Å². The van der Waals surface area contributed by atoms with Crippen molar-refractivity contribution in [2.75, 3.05) is 24.9 Å². The molecule has 1 heterocycles. The molecule has 5 aromatic rings. The number of nitrogens with one attached hydrogen (secondary N) is 3. The number of carbonyl (C=O) groups excluding carboxylic acids is 3. The number of thioether (sulfide) groups is 1. The van der Waals surface area contributed by atoms with Crippen molar-refractivity contribution in [2.24, 2.45) is 0 Å². The highest BCUT2D eigenvalue weighted by Crippen LogP contribution is 2.37. The van der Waals surface area contributed by atoms with Crippen molar-refractivity contribution in [3.05, 3.63) is 131 Å². The number of hydrogen-bond acceptors (Lipinski definition) is 9. The van der Waals surface area contributed by atoms with Gasteiger partial charge in [-0.15, -0.1) is 22.0 Å². The van der Waals surface area contributed by atoms with Crippen molar-refractivity contribution < 1.29 is 23.9 Å². The molecular weight excluding hydrogens is 635 g/mol. The molecule has 10 nitrogen and oxygen atoms in total. The van der Waals surface area contributed by atoms with Crippen molar-refractivity contribution in [1.29, 1.82) is 0 Å². The monoisotopic (exact) mass is 665 g/mol. The summed E-state index contributed by atoms with van der Waals surface area (Å²) < 4.78 is 10.8. The summed E-state index contributed by atoms with van der Waals surface area (Å²) in [7, 11) is 3.06. The minimum atomic E-state index is -0.567. The molecule has 0 saturated heterocycles. The summed E-state index contributed by atoms with van der Waals surface area (Å²) in [5.41, 5.74) is 2.28. The van der Waals surface area contributed by atoms with Gasteiger partial charge in [-0.05, 0) is 67.1 Å². The molecule has 1 atom stereocenters. The fourth-order valence-electron chi connectivity index (χ4n) is 4.41. The Labute approximate surface area is 280 Å². The number of aryl methyl sites for hydroxylation is 1. The number of amides is 3. The molecule has 3 amide bonds. The first-order valence-corrected chi connectivity index (χ1v) is 16.1. The molecule has 0 fully saturated rings. The average molecular weight is 666 g/mol. The Balaban J connectivity index is 1.35. The molecule has 3 N–H and O–H groups in total. The molecule has 238 valence electrons. The number of nitrogens with zero attached hydrogens (tertiary/aromatic N) is 2. The SMILES string of the molecule is COc1ccc(/C=C(\NC(=O)c2ccccc2)C(=O)Nc2ccc(SC(C(=O)Nc3nnc(C)s3)c3ccccc3)cc2)c(OC)c1. The maximum atomic E-state index is 13.6. The lowest BCUT2D eigenvalue weighted by molar-refractivity contribution is -0.116. The third-order valence-corrected chi connectivity index (χ3v) is 8.75. The van der Waals surface area contributed by atoms with Gasteiger partial charge in [-0.2, -0.15) is 0 Å². The normalized spacial score (nSPS) is 11.7. The molecule has 0 saturated carbocycles. The molecule has 5 rings (SSSR count). The summed E-state index contributed by atoms with van der Waals surface area (Å²) in [6, 6.07) is 30.3. The van der Waals surface area contributed by atoms with Crippen LogP contribution in [0.25, 0.3) is 6.08 Å². The van der Waals surface area contributed by atoms with Gasteiger partial charge in [0, 0.05) is 27.8 Å². The number of carbonyl (C=O) groups is 3. The van der Waals surface area contributed by atoms with Gasteiger partial charge in [0.05, 0.1) is 14.2 Å².